The standard InChI is InChI=1S/C53H36N4/c1-35-20-26-41(27-21-35)56-50-19-11-9-17-44(50)46-32-39(25-31-51(46)56)40-24-30-45-43-16-8-10-18-49(43)57(52(45)33-40)42-28-22-37(23-29-42)48-34-47(36-12-4-2-5-13-36)54-53(55-48)38-14-6-3-7-15-38/h2-34H,1H3. The van der Waals surface area contributed by atoms with E-state index in [4.69, 9.17) is 9.97 Å². The van der Waals surface area contributed by atoms with Crippen LogP contribution in [0.2, 0.25) is 0 Å². The van der Waals surface area contributed by atoms with Crippen molar-refractivity contribution >= 4 is 43.6 Å². The molecule has 11 rings (SSSR count). The molecule has 0 aliphatic carbocycles. The van der Waals surface area contributed by atoms with Gasteiger partial charge in [-0.15, -0.1) is 0 Å². The highest BCUT2D eigenvalue weighted by Crippen LogP contribution is 2.39. The van der Waals surface area contributed by atoms with E-state index in [0.717, 1.165) is 33.8 Å². The minimum atomic E-state index is 0.712. The fourth-order valence-corrected chi connectivity index (χ4v) is 8.40. The molecule has 0 aliphatic rings. The maximum atomic E-state index is 5.08. The Morgan fingerprint density at radius 2 is 0.772 bits per heavy atom. The van der Waals surface area contributed by atoms with Gasteiger partial charge in [-0.1, -0.05) is 145 Å². The van der Waals surface area contributed by atoms with Crippen LogP contribution in [-0.2, 0) is 0 Å². The summed E-state index contributed by atoms with van der Waals surface area (Å²) >= 11 is 0. The minimum absolute atomic E-state index is 0.712. The lowest BCUT2D eigenvalue weighted by molar-refractivity contribution is 1.17. The molecule has 3 heterocycles. The van der Waals surface area contributed by atoms with Gasteiger partial charge < -0.3 is 9.13 Å². The number of hydrogen-bond acceptors (Lipinski definition) is 2. The van der Waals surface area contributed by atoms with E-state index in [1.54, 1.807) is 0 Å². The summed E-state index contributed by atoms with van der Waals surface area (Å²) in [5, 5.41) is 4.96. The van der Waals surface area contributed by atoms with Crippen LogP contribution in [0.5, 0.6) is 0 Å². The summed E-state index contributed by atoms with van der Waals surface area (Å²) < 4.78 is 4.77. The van der Waals surface area contributed by atoms with Gasteiger partial charge in [-0.25, -0.2) is 9.97 Å². The second-order valence-corrected chi connectivity index (χ2v) is 14.7. The summed E-state index contributed by atoms with van der Waals surface area (Å²) in [4.78, 5) is 10.1. The molecule has 11 aromatic rings. The third-order valence-corrected chi connectivity index (χ3v) is 11.2. The molecule has 0 amide bonds. The van der Waals surface area contributed by atoms with E-state index in [0.29, 0.717) is 5.82 Å². The number of rotatable bonds is 6. The monoisotopic (exact) mass is 728 g/mol. The van der Waals surface area contributed by atoms with Crippen LogP contribution in [0.15, 0.2) is 200 Å². The maximum Gasteiger partial charge on any atom is 0.160 e. The highest BCUT2D eigenvalue weighted by Gasteiger charge is 2.17. The molecule has 8 aromatic carbocycles. The number of aryl methyl sites for hydroxylation is 1. The fraction of sp³-hybridized carbons (Fsp3) is 0.0189. The zero-order valence-corrected chi connectivity index (χ0v) is 31.3. The molecule has 0 saturated heterocycles. The number of fused-ring (bicyclic) bond motifs is 6. The average Bonchev–Trinajstić information content (AvgIpc) is 3.79. The van der Waals surface area contributed by atoms with Gasteiger partial charge in [-0.2, -0.15) is 0 Å². The van der Waals surface area contributed by atoms with Crippen molar-refractivity contribution in [1.82, 2.24) is 19.1 Å². The Bertz CT molecular complexity index is 3210. The molecule has 0 fully saturated rings. The van der Waals surface area contributed by atoms with E-state index in [2.05, 4.69) is 192 Å². The topological polar surface area (TPSA) is 35.6 Å². The smallest absolute Gasteiger partial charge is 0.160 e. The predicted molar refractivity (Wildman–Crippen MR) is 237 cm³/mol. The first-order valence-corrected chi connectivity index (χ1v) is 19.4. The molecule has 0 atom stereocenters. The largest absolute Gasteiger partial charge is 0.309 e. The van der Waals surface area contributed by atoms with E-state index >= 15 is 0 Å². The third kappa shape index (κ3) is 5.61. The lowest BCUT2D eigenvalue weighted by atomic mass is 10.0. The number of aromatic nitrogens is 4. The van der Waals surface area contributed by atoms with E-state index in [-0.39, 0.29) is 0 Å². The molecular weight excluding hydrogens is 693 g/mol. The number of benzene rings is 8. The average molecular weight is 729 g/mol. The van der Waals surface area contributed by atoms with E-state index < -0.39 is 0 Å². The van der Waals surface area contributed by atoms with Crippen molar-refractivity contribution in [3.05, 3.63) is 206 Å². The SMILES string of the molecule is Cc1ccc(-n2c3ccccc3c3cc(-c4ccc5c6ccccc6n(-c6ccc(-c7cc(-c8ccccc8)nc(-c8ccccc8)n7)cc6)c5c4)ccc32)cc1. The van der Waals surface area contributed by atoms with Crippen molar-refractivity contribution in [2.24, 2.45) is 0 Å². The Morgan fingerprint density at radius 1 is 0.316 bits per heavy atom. The van der Waals surface area contributed by atoms with Gasteiger partial charge in [0, 0.05) is 49.6 Å². The van der Waals surface area contributed by atoms with Gasteiger partial charge >= 0.3 is 0 Å². The Balaban J connectivity index is 1.03. The lowest BCUT2D eigenvalue weighted by Crippen LogP contribution is -1.97. The Kier molecular flexibility index (Phi) is 7.68. The van der Waals surface area contributed by atoms with Gasteiger partial charge in [-0.3, -0.25) is 0 Å². The van der Waals surface area contributed by atoms with E-state index in [9.17, 15) is 0 Å². The Labute approximate surface area is 330 Å². The van der Waals surface area contributed by atoms with Crippen LogP contribution >= 0.6 is 0 Å². The molecule has 268 valence electrons. The number of hydrogen-bond donors (Lipinski definition) is 0. The first-order valence-electron chi connectivity index (χ1n) is 19.4. The molecule has 57 heavy (non-hydrogen) atoms. The van der Waals surface area contributed by atoms with Gasteiger partial charge in [0.25, 0.3) is 0 Å². The molecule has 3 aromatic heterocycles. The van der Waals surface area contributed by atoms with Crippen LogP contribution in [0, 0.1) is 6.92 Å². The van der Waals surface area contributed by atoms with Gasteiger partial charge in [0.1, 0.15) is 0 Å². The summed E-state index contributed by atoms with van der Waals surface area (Å²) in [5.74, 6) is 0.712. The fourth-order valence-electron chi connectivity index (χ4n) is 8.40. The Hall–Kier alpha value is -7.56. The molecule has 0 bridgehead atoms. The second kappa shape index (κ2) is 13.3. The van der Waals surface area contributed by atoms with Crippen LogP contribution in [0.25, 0.3) is 100 Å². The van der Waals surface area contributed by atoms with Crippen molar-refractivity contribution in [3.8, 4) is 56.4 Å². The van der Waals surface area contributed by atoms with Crippen molar-refractivity contribution in [2.75, 3.05) is 0 Å². The van der Waals surface area contributed by atoms with Crippen LogP contribution in [0.3, 0.4) is 0 Å². The van der Waals surface area contributed by atoms with E-state index in [1.807, 2.05) is 24.3 Å². The van der Waals surface area contributed by atoms with Crippen molar-refractivity contribution in [1.29, 1.82) is 0 Å². The van der Waals surface area contributed by atoms with Crippen molar-refractivity contribution < 1.29 is 0 Å². The van der Waals surface area contributed by atoms with E-state index in [1.165, 1.54) is 66.0 Å². The summed E-state index contributed by atoms with van der Waals surface area (Å²) in [7, 11) is 0. The molecule has 4 nitrogen and oxygen atoms in total. The molecule has 0 N–H and O–H groups in total. The molecule has 0 aliphatic heterocycles. The number of nitrogens with zero attached hydrogens (tertiary/aromatic N) is 4. The van der Waals surface area contributed by atoms with Gasteiger partial charge in [0.05, 0.1) is 33.5 Å². The zero-order chi connectivity index (χ0) is 37.9. The minimum Gasteiger partial charge on any atom is -0.309 e. The highest BCUT2D eigenvalue weighted by molar-refractivity contribution is 6.12. The second-order valence-electron chi connectivity index (χ2n) is 14.7. The van der Waals surface area contributed by atoms with Gasteiger partial charge in [-0.05, 0) is 78.7 Å². The van der Waals surface area contributed by atoms with Crippen LogP contribution in [-0.4, -0.2) is 19.1 Å². The van der Waals surface area contributed by atoms with Crippen LogP contribution < -0.4 is 0 Å². The van der Waals surface area contributed by atoms with Gasteiger partial charge in [0.15, 0.2) is 5.82 Å². The highest BCUT2D eigenvalue weighted by atomic mass is 15.0. The Morgan fingerprint density at radius 3 is 1.44 bits per heavy atom. The normalized spacial score (nSPS) is 11.6. The summed E-state index contributed by atoms with van der Waals surface area (Å²) in [5.41, 5.74) is 15.5. The summed E-state index contributed by atoms with van der Waals surface area (Å²) in [6.45, 7) is 2.14. The molecule has 4 heteroatoms. The quantitative estimate of drug-likeness (QED) is 0.171. The molecule has 0 unspecified atom stereocenters. The molecular formula is C53H36N4. The first kappa shape index (κ1) is 32.8. The lowest BCUT2D eigenvalue weighted by Gasteiger charge is -2.12. The third-order valence-electron chi connectivity index (χ3n) is 11.2. The van der Waals surface area contributed by atoms with Crippen LogP contribution in [0.1, 0.15) is 5.56 Å². The van der Waals surface area contributed by atoms with Crippen molar-refractivity contribution in [3.63, 3.8) is 0 Å². The summed E-state index contributed by atoms with van der Waals surface area (Å²) in [6.07, 6.45) is 0. The van der Waals surface area contributed by atoms with Crippen molar-refractivity contribution in [2.45, 2.75) is 6.92 Å². The number of para-hydroxylation sites is 2. The molecule has 0 spiro atoms. The predicted octanol–water partition coefficient (Wildman–Crippen LogP) is 13.6. The molecule has 0 radical (unpaired) electrons. The maximum absolute atomic E-state index is 5.08. The van der Waals surface area contributed by atoms with Crippen LogP contribution in [0.4, 0.5) is 0 Å². The first-order chi connectivity index (χ1) is 28.2. The summed E-state index contributed by atoms with van der Waals surface area (Å²) in [6, 6.07) is 71.5. The zero-order valence-electron chi connectivity index (χ0n) is 31.3. The molecule has 0 saturated carbocycles. The van der Waals surface area contributed by atoms with Gasteiger partial charge in [0.2, 0.25) is 0 Å².